The van der Waals surface area contributed by atoms with E-state index >= 15 is 0 Å². The first-order chi connectivity index (χ1) is 13.7. The fourth-order valence-corrected chi connectivity index (χ4v) is 3.40. The highest BCUT2D eigenvalue weighted by Crippen LogP contribution is 2.28. The zero-order valence-electron chi connectivity index (χ0n) is 16.7. The summed E-state index contributed by atoms with van der Waals surface area (Å²) in [4.78, 5) is 16.8. The van der Waals surface area contributed by atoms with Crippen LogP contribution in [0, 0.1) is 0 Å². The van der Waals surface area contributed by atoms with Crippen LogP contribution >= 0.6 is 0 Å². The van der Waals surface area contributed by atoms with Crippen molar-refractivity contribution in [3.05, 3.63) is 59.7 Å². The maximum atomic E-state index is 12.2. The van der Waals surface area contributed by atoms with E-state index in [0.29, 0.717) is 13.1 Å². The van der Waals surface area contributed by atoms with Gasteiger partial charge < -0.3 is 14.8 Å². The van der Waals surface area contributed by atoms with Gasteiger partial charge in [0.1, 0.15) is 0 Å². The summed E-state index contributed by atoms with van der Waals surface area (Å²) >= 11 is 0. The number of carbonyl (C=O) groups is 1. The van der Waals surface area contributed by atoms with Crippen molar-refractivity contribution in [2.24, 2.45) is 0 Å². The van der Waals surface area contributed by atoms with E-state index in [0.717, 1.165) is 49.8 Å². The van der Waals surface area contributed by atoms with Gasteiger partial charge in [0.2, 0.25) is 5.91 Å². The quantitative estimate of drug-likeness (QED) is 0.757. The van der Waals surface area contributed by atoms with Crippen LogP contribution in [0.15, 0.2) is 48.5 Å². The molecular formula is C22H29N3O3. The number of nitrogens with zero attached hydrogens (tertiary/aromatic N) is 2. The lowest BCUT2D eigenvalue weighted by molar-refractivity contribution is -0.122. The molecule has 6 heteroatoms. The molecule has 150 valence electrons. The van der Waals surface area contributed by atoms with Crippen molar-refractivity contribution in [1.82, 2.24) is 15.1 Å². The largest absolute Gasteiger partial charge is 0.493 e. The van der Waals surface area contributed by atoms with Crippen molar-refractivity contribution in [2.45, 2.75) is 13.1 Å². The van der Waals surface area contributed by atoms with Crippen molar-refractivity contribution in [3.63, 3.8) is 0 Å². The van der Waals surface area contributed by atoms with Gasteiger partial charge in [-0.25, -0.2) is 0 Å². The predicted octanol–water partition coefficient (Wildman–Crippen LogP) is 2.14. The number of hydrogen-bond donors (Lipinski definition) is 1. The van der Waals surface area contributed by atoms with Gasteiger partial charge in [-0.15, -0.1) is 0 Å². The van der Waals surface area contributed by atoms with Crippen molar-refractivity contribution in [2.75, 3.05) is 46.9 Å². The average molecular weight is 383 g/mol. The van der Waals surface area contributed by atoms with Crippen molar-refractivity contribution >= 4 is 5.91 Å². The van der Waals surface area contributed by atoms with Crippen LogP contribution in [0.25, 0.3) is 0 Å². The lowest BCUT2D eigenvalue weighted by atomic mass is 10.1. The molecule has 1 amide bonds. The molecule has 2 aromatic rings. The molecule has 0 radical (unpaired) electrons. The van der Waals surface area contributed by atoms with Crippen LogP contribution in [0.2, 0.25) is 0 Å². The molecule has 1 N–H and O–H groups in total. The van der Waals surface area contributed by atoms with E-state index in [1.54, 1.807) is 14.2 Å². The number of methoxy groups -OCH3 is 2. The van der Waals surface area contributed by atoms with Crippen LogP contribution in [0.3, 0.4) is 0 Å². The summed E-state index contributed by atoms with van der Waals surface area (Å²) in [6.07, 6.45) is 0. The molecule has 28 heavy (non-hydrogen) atoms. The van der Waals surface area contributed by atoms with E-state index in [1.165, 1.54) is 5.56 Å². The first-order valence-corrected chi connectivity index (χ1v) is 9.64. The number of hydrogen-bond acceptors (Lipinski definition) is 5. The summed E-state index contributed by atoms with van der Waals surface area (Å²) in [6.45, 7) is 5.59. The van der Waals surface area contributed by atoms with Crippen LogP contribution in [0.5, 0.6) is 11.5 Å². The Morgan fingerprint density at radius 3 is 2.25 bits per heavy atom. The van der Waals surface area contributed by atoms with Gasteiger partial charge in [0.25, 0.3) is 0 Å². The van der Waals surface area contributed by atoms with Gasteiger partial charge in [0, 0.05) is 39.3 Å². The molecule has 0 bridgehead atoms. The number of benzene rings is 2. The third-order valence-electron chi connectivity index (χ3n) is 5.02. The number of piperazine rings is 1. The zero-order chi connectivity index (χ0) is 19.8. The van der Waals surface area contributed by atoms with Gasteiger partial charge in [0.05, 0.1) is 20.8 Å². The van der Waals surface area contributed by atoms with Gasteiger partial charge in [-0.1, -0.05) is 36.4 Å². The Hall–Kier alpha value is -2.57. The second-order valence-corrected chi connectivity index (χ2v) is 7.00. The molecule has 1 aliphatic rings. The summed E-state index contributed by atoms with van der Waals surface area (Å²) in [5, 5.41) is 3.00. The second kappa shape index (κ2) is 10.1. The van der Waals surface area contributed by atoms with Gasteiger partial charge >= 0.3 is 0 Å². The van der Waals surface area contributed by atoms with Gasteiger partial charge in [-0.05, 0) is 23.3 Å². The smallest absolute Gasteiger partial charge is 0.234 e. The van der Waals surface area contributed by atoms with Gasteiger partial charge in [-0.3, -0.25) is 14.6 Å². The monoisotopic (exact) mass is 383 g/mol. The minimum absolute atomic E-state index is 0.0807. The Labute approximate surface area is 167 Å². The Morgan fingerprint density at radius 1 is 0.893 bits per heavy atom. The van der Waals surface area contributed by atoms with Crippen molar-refractivity contribution in [3.8, 4) is 11.5 Å². The SMILES string of the molecule is COc1ccc(CN2CCN(CC(=O)NCc3ccccc3)CC2)cc1OC. The number of rotatable bonds is 8. The first kappa shape index (κ1) is 20.2. The molecular weight excluding hydrogens is 354 g/mol. The fraction of sp³-hybridized carbons (Fsp3) is 0.409. The van der Waals surface area contributed by atoms with E-state index in [2.05, 4.69) is 21.2 Å². The number of ether oxygens (including phenoxy) is 2. The number of amides is 1. The molecule has 0 aliphatic carbocycles. The number of carbonyl (C=O) groups excluding carboxylic acids is 1. The third-order valence-corrected chi connectivity index (χ3v) is 5.02. The van der Waals surface area contributed by atoms with Crippen molar-refractivity contribution in [1.29, 1.82) is 0 Å². The molecule has 6 nitrogen and oxygen atoms in total. The lowest BCUT2D eigenvalue weighted by Gasteiger charge is -2.34. The van der Waals surface area contributed by atoms with E-state index in [-0.39, 0.29) is 5.91 Å². The summed E-state index contributed by atoms with van der Waals surface area (Å²) in [5.41, 5.74) is 2.32. The van der Waals surface area contributed by atoms with E-state index in [4.69, 9.17) is 9.47 Å². The molecule has 1 fully saturated rings. The molecule has 0 unspecified atom stereocenters. The van der Waals surface area contributed by atoms with Crippen LogP contribution in [-0.2, 0) is 17.9 Å². The van der Waals surface area contributed by atoms with E-state index in [9.17, 15) is 4.79 Å². The maximum absolute atomic E-state index is 12.2. The molecule has 0 saturated carbocycles. The highest BCUT2D eigenvalue weighted by atomic mass is 16.5. The highest BCUT2D eigenvalue weighted by Gasteiger charge is 2.19. The summed E-state index contributed by atoms with van der Waals surface area (Å²) in [6, 6.07) is 16.0. The molecule has 1 heterocycles. The summed E-state index contributed by atoms with van der Waals surface area (Å²) in [5.74, 6) is 1.59. The van der Waals surface area contributed by atoms with E-state index in [1.807, 2.05) is 42.5 Å². The summed E-state index contributed by atoms with van der Waals surface area (Å²) in [7, 11) is 3.30. The van der Waals surface area contributed by atoms with Crippen LogP contribution in [-0.4, -0.2) is 62.7 Å². The zero-order valence-corrected chi connectivity index (χ0v) is 16.7. The maximum Gasteiger partial charge on any atom is 0.234 e. The third kappa shape index (κ3) is 5.71. The lowest BCUT2D eigenvalue weighted by Crippen LogP contribution is -2.49. The molecule has 1 aliphatic heterocycles. The predicted molar refractivity (Wildman–Crippen MR) is 110 cm³/mol. The van der Waals surface area contributed by atoms with Crippen LogP contribution < -0.4 is 14.8 Å². The highest BCUT2D eigenvalue weighted by molar-refractivity contribution is 5.78. The Balaban J connectivity index is 1.41. The fourth-order valence-electron chi connectivity index (χ4n) is 3.40. The molecule has 0 atom stereocenters. The molecule has 2 aromatic carbocycles. The summed E-state index contributed by atoms with van der Waals surface area (Å²) < 4.78 is 10.7. The Morgan fingerprint density at radius 2 is 1.57 bits per heavy atom. The van der Waals surface area contributed by atoms with Crippen molar-refractivity contribution < 1.29 is 14.3 Å². The Bertz CT molecular complexity index is 759. The standard InChI is InChI=1S/C22H29N3O3/c1-27-20-9-8-19(14-21(20)28-2)16-24-10-12-25(13-11-24)17-22(26)23-15-18-6-4-3-5-7-18/h3-9,14H,10-13,15-17H2,1-2H3,(H,23,26). The minimum Gasteiger partial charge on any atom is -0.493 e. The minimum atomic E-state index is 0.0807. The number of nitrogens with one attached hydrogen (secondary N) is 1. The van der Waals surface area contributed by atoms with E-state index < -0.39 is 0 Å². The molecule has 1 saturated heterocycles. The molecule has 3 rings (SSSR count). The molecule has 0 spiro atoms. The molecule has 0 aromatic heterocycles. The normalized spacial score (nSPS) is 15.2. The van der Waals surface area contributed by atoms with Gasteiger partial charge in [0.15, 0.2) is 11.5 Å². The van der Waals surface area contributed by atoms with Crippen LogP contribution in [0.1, 0.15) is 11.1 Å². The first-order valence-electron chi connectivity index (χ1n) is 9.64. The average Bonchev–Trinajstić information content (AvgIpc) is 2.74. The topological polar surface area (TPSA) is 54.0 Å². The van der Waals surface area contributed by atoms with Crippen LogP contribution in [0.4, 0.5) is 0 Å². The Kier molecular flexibility index (Phi) is 7.28. The van der Waals surface area contributed by atoms with Gasteiger partial charge in [-0.2, -0.15) is 0 Å². The second-order valence-electron chi connectivity index (χ2n) is 7.00.